The molecule has 0 spiro atoms. The average Bonchev–Trinajstić information content (AvgIpc) is 2.98. The summed E-state index contributed by atoms with van der Waals surface area (Å²) in [6.07, 6.45) is 0. The molecular weight excluding hydrogens is 285 g/mol. The Bertz CT molecular complexity index is 721. The smallest absolute Gasteiger partial charge is 0.169 e. The number of thiophene rings is 1. The van der Waals surface area contributed by atoms with Gasteiger partial charge in [-0.2, -0.15) is 0 Å². The number of hydrogen-bond acceptors (Lipinski definition) is 3. The van der Waals surface area contributed by atoms with E-state index in [4.69, 9.17) is 16.0 Å². The standard InChI is InChI=1S/C14H11ClFNOS/c1-17-13(11-5-6-12(15)19-11)10-7-8-3-2-4-9(16)14(8)18-10/h2-7,13,17H,1H3. The summed E-state index contributed by atoms with van der Waals surface area (Å²) in [6, 6.07) is 10.4. The lowest BCUT2D eigenvalue weighted by Gasteiger charge is -2.10. The second-order valence-corrected chi connectivity index (χ2v) is 5.92. The Morgan fingerprint density at radius 1 is 1.32 bits per heavy atom. The molecule has 2 heterocycles. The van der Waals surface area contributed by atoms with E-state index < -0.39 is 0 Å². The molecule has 0 saturated heterocycles. The van der Waals surface area contributed by atoms with E-state index in [9.17, 15) is 4.39 Å². The summed E-state index contributed by atoms with van der Waals surface area (Å²) >= 11 is 7.43. The van der Waals surface area contributed by atoms with Crippen molar-refractivity contribution in [1.82, 2.24) is 5.32 Å². The predicted octanol–water partition coefficient (Wildman–Crippen LogP) is 4.60. The Labute approximate surface area is 118 Å². The molecule has 98 valence electrons. The zero-order valence-corrected chi connectivity index (χ0v) is 11.7. The van der Waals surface area contributed by atoms with Crippen molar-refractivity contribution >= 4 is 33.9 Å². The molecule has 0 aliphatic heterocycles. The molecule has 19 heavy (non-hydrogen) atoms. The van der Waals surface area contributed by atoms with E-state index >= 15 is 0 Å². The first-order valence-corrected chi connectivity index (χ1v) is 6.99. The van der Waals surface area contributed by atoms with Crippen LogP contribution in [0, 0.1) is 5.82 Å². The van der Waals surface area contributed by atoms with Gasteiger partial charge in [0.05, 0.1) is 4.34 Å². The van der Waals surface area contributed by atoms with Crippen molar-refractivity contribution in [2.75, 3.05) is 7.05 Å². The van der Waals surface area contributed by atoms with Gasteiger partial charge in [0.15, 0.2) is 11.4 Å². The largest absolute Gasteiger partial charge is 0.456 e. The normalized spacial score (nSPS) is 13.0. The molecule has 0 aliphatic rings. The van der Waals surface area contributed by atoms with Gasteiger partial charge in [-0.25, -0.2) is 4.39 Å². The molecule has 0 fully saturated rings. The van der Waals surface area contributed by atoms with Crippen LogP contribution < -0.4 is 5.32 Å². The molecule has 0 amide bonds. The van der Waals surface area contributed by atoms with Crippen LogP contribution >= 0.6 is 22.9 Å². The van der Waals surface area contributed by atoms with Gasteiger partial charge in [0.1, 0.15) is 11.8 Å². The van der Waals surface area contributed by atoms with Crippen LogP contribution in [-0.4, -0.2) is 7.05 Å². The highest BCUT2D eigenvalue weighted by Crippen LogP contribution is 2.34. The van der Waals surface area contributed by atoms with E-state index in [0.717, 1.165) is 14.6 Å². The van der Waals surface area contributed by atoms with Crippen molar-refractivity contribution in [3.8, 4) is 0 Å². The second-order valence-electron chi connectivity index (χ2n) is 4.17. The predicted molar refractivity (Wildman–Crippen MR) is 76.4 cm³/mol. The molecule has 1 aromatic carbocycles. The van der Waals surface area contributed by atoms with Gasteiger partial charge in [0.2, 0.25) is 0 Å². The molecule has 1 unspecified atom stereocenters. The lowest BCUT2D eigenvalue weighted by Crippen LogP contribution is -2.15. The lowest BCUT2D eigenvalue weighted by atomic mass is 10.1. The van der Waals surface area contributed by atoms with Crippen LogP contribution in [0.15, 0.2) is 40.8 Å². The maximum atomic E-state index is 13.6. The van der Waals surface area contributed by atoms with Gasteiger partial charge in [0.25, 0.3) is 0 Å². The minimum Gasteiger partial charge on any atom is -0.456 e. The highest BCUT2D eigenvalue weighted by molar-refractivity contribution is 7.16. The van der Waals surface area contributed by atoms with Crippen LogP contribution in [0.25, 0.3) is 11.0 Å². The van der Waals surface area contributed by atoms with Crippen molar-refractivity contribution in [2.24, 2.45) is 0 Å². The van der Waals surface area contributed by atoms with Crippen LogP contribution in [-0.2, 0) is 0 Å². The van der Waals surface area contributed by atoms with E-state index in [1.807, 2.05) is 31.3 Å². The van der Waals surface area contributed by atoms with Crippen LogP contribution in [0.2, 0.25) is 4.34 Å². The Kier molecular flexibility index (Phi) is 3.31. The van der Waals surface area contributed by atoms with Crippen LogP contribution in [0.1, 0.15) is 16.7 Å². The Balaban J connectivity index is 2.09. The summed E-state index contributed by atoms with van der Waals surface area (Å²) in [4.78, 5) is 1.03. The third-order valence-corrected chi connectivity index (χ3v) is 4.26. The third-order valence-electron chi connectivity index (χ3n) is 2.97. The highest BCUT2D eigenvalue weighted by Gasteiger charge is 2.19. The fourth-order valence-electron chi connectivity index (χ4n) is 2.10. The van der Waals surface area contributed by atoms with Crippen molar-refractivity contribution < 1.29 is 8.81 Å². The Morgan fingerprint density at radius 3 is 2.79 bits per heavy atom. The number of para-hydroxylation sites is 1. The lowest BCUT2D eigenvalue weighted by molar-refractivity contribution is 0.479. The molecule has 2 aromatic heterocycles. The molecule has 5 heteroatoms. The maximum absolute atomic E-state index is 13.6. The molecular formula is C14H11ClFNOS. The number of fused-ring (bicyclic) bond motifs is 1. The fourth-order valence-corrected chi connectivity index (χ4v) is 3.28. The summed E-state index contributed by atoms with van der Waals surface area (Å²) in [5.41, 5.74) is 0.292. The summed E-state index contributed by atoms with van der Waals surface area (Å²) in [5.74, 6) is 0.337. The SMILES string of the molecule is CNC(c1cc2cccc(F)c2o1)c1ccc(Cl)s1. The van der Waals surface area contributed by atoms with Gasteiger partial charge in [0, 0.05) is 10.3 Å². The van der Waals surface area contributed by atoms with Gasteiger partial charge in [-0.05, 0) is 31.3 Å². The molecule has 0 saturated carbocycles. The van der Waals surface area contributed by atoms with Crippen molar-refractivity contribution in [3.05, 3.63) is 57.2 Å². The molecule has 0 radical (unpaired) electrons. The molecule has 3 rings (SSSR count). The minimum absolute atomic E-state index is 0.121. The van der Waals surface area contributed by atoms with Crippen molar-refractivity contribution in [1.29, 1.82) is 0 Å². The van der Waals surface area contributed by atoms with Crippen LogP contribution in [0.3, 0.4) is 0 Å². The number of benzene rings is 1. The monoisotopic (exact) mass is 295 g/mol. The second kappa shape index (κ2) is 4.96. The minimum atomic E-state index is -0.345. The van der Waals surface area contributed by atoms with Crippen LogP contribution in [0.5, 0.6) is 0 Å². The third kappa shape index (κ3) is 2.27. The van der Waals surface area contributed by atoms with Gasteiger partial charge in [-0.1, -0.05) is 23.7 Å². The van der Waals surface area contributed by atoms with E-state index in [0.29, 0.717) is 11.3 Å². The van der Waals surface area contributed by atoms with Gasteiger partial charge < -0.3 is 9.73 Å². The summed E-state index contributed by atoms with van der Waals surface area (Å²) < 4.78 is 20.0. The molecule has 1 atom stereocenters. The molecule has 3 aromatic rings. The number of rotatable bonds is 3. The van der Waals surface area contributed by atoms with Gasteiger partial charge in [-0.3, -0.25) is 0 Å². The zero-order chi connectivity index (χ0) is 13.4. The summed E-state index contributed by atoms with van der Waals surface area (Å²) in [5, 5.41) is 3.93. The maximum Gasteiger partial charge on any atom is 0.169 e. The molecule has 0 bridgehead atoms. The Morgan fingerprint density at radius 2 is 2.16 bits per heavy atom. The zero-order valence-electron chi connectivity index (χ0n) is 10.1. The topological polar surface area (TPSA) is 25.2 Å². The molecule has 1 N–H and O–H groups in total. The first-order valence-electron chi connectivity index (χ1n) is 5.79. The molecule has 0 aliphatic carbocycles. The number of halogens is 2. The van der Waals surface area contributed by atoms with E-state index in [2.05, 4.69) is 5.32 Å². The quantitative estimate of drug-likeness (QED) is 0.764. The van der Waals surface area contributed by atoms with Crippen molar-refractivity contribution in [3.63, 3.8) is 0 Å². The van der Waals surface area contributed by atoms with E-state index in [1.165, 1.54) is 17.4 Å². The van der Waals surface area contributed by atoms with Gasteiger partial charge >= 0.3 is 0 Å². The first kappa shape index (κ1) is 12.7. The van der Waals surface area contributed by atoms with Gasteiger partial charge in [-0.15, -0.1) is 11.3 Å². The summed E-state index contributed by atoms with van der Waals surface area (Å²) in [7, 11) is 1.84. The summed E-state index contributed by atoms with van der Waals surface area (Å²) in [6.45, 7) is 0. The number of hydrogen-bond donors (Lipinski definition) is 1. The Hall–Kier alpha value is -1.36. The average molecular weight is 296 g/mol. The number of nitrogens with one attached hydrogen (secondary N) is 1. The highest BCUT2D eigenvalue weighted by atomic mass is 35.5. The fraction of sp³-hybridized carbons (Fsp3) is 0.143. The molecule has 2 nitrogen and oxygen atoms in total. The van der Waals surface area contributed by atoms with E-state index in [-0.39, 0.29) is 11.9 Å². The van der Waals surface area contributed by atoms with Crippen molar-refractivity contribution in [2.45, 2.75) is 6.04 Å². The van der Waals surface area contributed by atoms with Crippen LogP contribution in [0.4, 0.5) is 4.39 Å². The number of furan rings is 1. The first-order chi connectivity index (χ1) is 9.19. The van der Waals surface area contributed by atoms with E-state index in [1.54, 1.807) is 6.07 Å².